The van der Waals surface area contributed by atoms with Crippen molar-refractivity contribution in [1.82, 2.24) is 5.32 Å². The zero-order valence-electron chi connectivity index (χ0n) is 20.4. The fourth-order valence-electron chi connectivity index (χ4n) is 5.61. The van der Waals surface area contributed by atoms with Gasteiger partial charge in [-0.25, -0.2) is 4.79 Å². The van der Waals surface area contributed by atoms with Gasteiger partial charge >= 0.3 is 5.97 Å². The molecule has 1 saturated carbocycles. The summed E-state index contributed by atoms with van der Waals surface area (Å²) >= 11 is 12.9. The highest BCUT2D eigenvalue weighted by atomic mass is 35.5. The third-order valence-electron chi connectivity index (χ3n) is 7.16. The SMILES string of the molecule is CC.COC(=O)COc1ccc(C2CCC3(C)C(=O)NC(C)C3C2c2ccc(Cl)cc2)c(Cl)c1. The summed E-state index contributed by atoms with van der Waals surface area (Å²) in [5, 5.41) is 4.45. The lowest BCUT2D eigenvalue weighted by molar-refractivity contribution is -0.142. The Balaban J connectivity index is 0.00000158. The molecule has 1 aliphatic carbocycles. The van der Waals surface area contributed by atoms with Gasteiger partial charge in [-0.2, -0.15) is 0 Å². The maximum absolute atomic E-state index is 12.9. The van der Waals surface area contributed by atoms with E-state index in [2.05, 4.69) is 36.0 Å². The quantitative estimate of drug-likeness (QED) is 0.479. The molecule has 0 bridgehead atoms. The Kier molecular flexibility index (Phi) is 8.53. The van der Waals surface area contributed by atoms with Crippen LogP contribution in [0.3, 0.4) is 0 Å². The summed E-state index contributed by atoms with van der Waals surface area (Å²) in [7, 11) is 1.32. The van der Waals surface area contributed by atoms with E-state index in [1.807, 2.05) is 38.1 Å². The maximum Gasteiger partial charge on any atom is 0.343 e. The van der Waals surface area contributed by atoms with E-state index in [-0.39, 0.29) is 36.3 Å². The second-order valence-electron chi connectivity index (χ2n) is 8.98. The summed E-state index contributed by atoms with van der Waals surface area (Å²) in [6, 6.07) is 13.5. The smallest absolute Gasteiger partial charge is 0.343 e. The molecule has 0 aromatic heterocycles. The van der Waals surface area contributed by atoms with Crippen LogP contribution in [0.2, 0.25) is 10.0 Å². The molecule has 2 aromatic rings. The Morgan fingerprint density at radius 1 is 1.15 bits per heavy atom. The van der Waals surface area contributed by atoms with Gasteiger partial charge in [-0.1, -0.05) is 62.2 Å². The van der Waals surface area contributed by atoms with E-state index in [4.69, 9.17) is 27.9 Å². The van der Waals surface area contributed by atoms with Gasteiger partial charge in [0, 0.05) is 22.0 Å². The van der Waals surface area contributed by atoms with Gasteiger partial charge in [0.15, 0.2) is 6.61 Å². The standard InChI is InChI=1S/C25H27Cl2NO4.C2H6/c1-14-23-22(15-4-6-16(26)7-5-15)19(10-11-25(23,2)24(30)28-14)18-9-8-17(12-20(18)27)32-13-21(29)31-3;1-2/h4-9,12,14,19,22-23H,10-11,13H2,1-3H3,(H,28,30);1-2H3. The van der Waals surface area contributed by atoms with Crippen molar-refractivity contribution < 1.29 is 19.1 Å². The first kappa shape index (κ1) is 26.4. The number of ether oxygens (including phenoxy) is 2. The van der Waals surface area contributed by atoms with Crippen LogP contribution in [0.1, 0.15) is 63.5 Å². The van der Waals surface area contributed by atoms with Gasteiger partial charge in [0.2, 0.25) is 5.91 Å². The Morgan fingerprint density at radius 2 is 1.82 bits per heavy atom. The molecule has 34 heavy (non-hydrogen) atoms. The molecular formula is C27H33Cl2NO4. The zero-order chi connectivity index (χ0) is 25.0. The van der Waals surface area contributed by atoms with E-state index in [0.29, 0.717) is 15.8 Å². The third-order valence-corrected chi connectivity index (χ3v) is 7.74. The van der Waals surface area contributed by atoms with Gasteiger partial charge in [0.25, 0.3) is 0 Å². The highest BCUT2D eigenvalue weighted by Gasteiger charge is 2.57. The van der Waals surface area contributed by atoms with Crippen molar-refractivity contribution in [2.75, 3.05) is 13.7 Å². The molecular weight excluding hydrogens is 473 g/mol. The number of methoxy groups -OCH3 is 1. The highest BCUT2D eigenvalue weighted by Crippen LogP contribution is 2.59. The van der Waals surface area contributed by atoms with Crippen molar-refractivity contribution in [1.29, 1.82) is 0 Å². The average molecular weight is 506 g/mol. The Hall–Kier alpha value is -2.24. The number of benzene rings is 2. The third kappa shape index (κ3) is 5.06. The first-order valence-corrected chi connectivity index (χ1v) is 12.6. The Bertz CT molecular complexity index is 1030. The lowest BCUT2D eigenvalue weighted by atomic mass is 9.56. The molecule has 7 heteroatoms. The van der Waals surface area contributed by atoms with Gasteiger partial charge in [-0.05, 0) is 67.0 Å². The van der Waals surface area contributed by atoms with Crippen LogP contribution in [0, 0.1) is 11.3 Å². The van der Waals surface area contributed by atoms with Crippen LogP contribution in [0.15, 0.2) is 42.5 Å². The number of hydrogen-bond acceptors (Lipinski definition) is 4. The van der Waals surface area contributed by atoms with E-state index < -0.39 is 11.4 Å². The molecule has 1 saturated heterocycles. The molecule has 2 aromatic carbocycles. The van der Waals surface area contributed by atoms with Crippen molar-refractivity contribution in [3.05, 3.63) is 63.6 Å². The summed E-state index contributed by atoms with van der Waals surface area (Å²) in [4.78, 5) is 24.2. The Morgan fingerprint density at radius 3 is 2.44 bits per heavy atom. The minimum Gasteiger partial charge on any atom is -0.482 e. The lowest BCUT2D eigenvalue weighted by Crippen LogP contribution is -2.42. The molecule has 1 heterocycles. The van der Waals surface area contributed by atoms with E-state index in [1.54, 1.807) is 6.07 Å². The van der Waals surface area contributed by atoms with E-state index in [1.165, 1.54) is 7.11 Å². The lowest BCUT2D eigenvalue weighted by Gasteiger charge is -2.46. The summed E-state index contributed by atoms with van der Waals surface area (Å²) in [6.45, 7) is 8.00. The number of fused-ring (bicyclic) bond motifs is 1. The van der Waals surface area contributed by atoms with Gasteiger partial charge in [-0.3, -0.25) is 4.79 Å². The number of carbonyl (C=O) groups excluding carboxylic acids is 2. The second-order valence-corrected chi connectivity index (χ2v) is 9.82. The average Bonchev–Trinajstić information content (AvgIpc) is 3.07. The number of nitrogens with one attached hydrogen (secondary N) is 1. The summed E-state index contributed by atoms with van der Waals surface area (Å²) in [5.74, 6) is 0.544. The molecule has 0 spiro atoms. The van der Waals surface area contributed by atoms with Gasteiger partial charge in [0.05, 0.1) is 12.5 Å². The van der Waals surface area contributed by atoms with Crippen LogP contribution in [0.25, 0.3) is 0 Å². The molecule has 1 N–H and O–H groups in total. The predicted octanol–water partition coefficient (Wildman–Crippen LogP) is 6.37. The van der Waals surface area contributed by atoms with Crippen molar-refractivity contribution in [2.45, 2.75) is 58.4 Å². The molecule has 2 aliphatic rings. The number of amides is 1. The van der Waals surface area contributed by atoms with Crippen LogP contribution >= 0.6 is 23.2 Å². The summed E-state index contributed by atoms with van der Waals surface area (Å²) < 4.78 is 10.1. The molecule has 2 fully saturated rings. The minimum atomic E-state index is -0.452. The molecule has 0 radical (unpaired) electrons. The van der Waals surface area contributed by atoms with E-state index >= 15 is 0 Å². The predicted molar refractivity (Wildman–Crippen MR) is 136 cm³/mol. The van der Waals surface area contributed by atoms with Crippen LogP contribution in [-0.4, -0.2) is 31.6 Å². The highest BCUT2D eigenvalue weighted by molar-refractivity contribution is 6.31. The van der Waals surface area contributed by atoms with Crippen molar-refractivity contribution in [3.8, 4) is 5.75 Å². The van der Waals surface area contributed by atoms with Crippen molar-refractivity contribution in [2.24, 2.45) is 11.3 Å². The number of hydrogen-bond donors (Lipinski definition) is 1. The minimum absolute atomic E-state index is 0.0532. The van der Waals surface area contributed by atoms with E-state index in [0.717, 1.165) is 24.0 Å². The molecule has 5 atom stereocenters. The summed E-state index contributed by atoms with van der Waals surface area (Å²) in [5.41, 5.74) is 1.75. The molecule has 1 amide bonds. The largest absolute Gasteiger partial charge is 0.482 e. The molecule has 184 valence electrons. The number of carbonyl (C=O) groups is 2. The first-order valence-electron chi connectivity index (χ1n) is 11.8. The first-order chi connectivity index (χ1) is 16.2. The van der Waals surface area contributed by atoms with Gasteiger partial charge < -0.3 is 14.8 Å². The van der Waals surface area contributed by atoms with E-state index in [9.17, 15) is 9.59 Å². The molecule has 5 nitrogen and oxygen atoms in total. The van der Waals surface area contributed by atoms with Crippen LogP contribution in [0.5, 0.6) is 5.75 Å². The molecule has 1 aliphatic heterocycles. The fourth-order valence-corrected chi connectivity index (χ4v) is 6.05. The monoisotopic (exact) mass is 505 g/mol. The molecule has 4 rings (SSSR count). The van der Waals surface area contributed by atoms with Crippen molar-refractivity contribution >= 4 is 35.1 Å². The van der Waals surface area contributed by atoms with Crippen molar-refractivity contribution in [3.63, 3.8) is 0 Å². The maximum atomic E-state index is 12.9. The van der Waals surface area contributed by atoms with Crippen LogP contribution in [0.4, 0.5) is 0 Å². The number of halogens is 2. The van der Waals surface area contributed by atoms with Gasteiger partial charge in [-0.15, -0.1) is 0 Å². The summed E-state index contributed by atoms with van der Waals surface area (Å²) in [6.07, 6.45) is 1.63. The zero-order valence-corrected chi connectivity index (χ0v) is 21.9. The van der Waals surface area contributed by atoms with Crippen LogP contribution in [-0.2, 0) is 14.3 Å². The number of esters is 1. The second kappa shape index (κ2) is 11.0. The fraction of sp³-hybridized carbons (Fsp3) is 0.481. The molecule has 5 unspecified atom stereocenters. The number of rotatable bonds is 5. The Labute approximate surface area is 212 Å². The van der Waals surface area contributed by atoms with Gasteiger partial charge in [0.1, 0.15) is 5.75 Å². The topological polar surface area (TPSA) is 64.6 Å². The van der Waals surface area contributed by atoms with Crippen LogP contribution < -0.4 is 10.1 Å². The normalized spacial score (nSPS) is 27.7.